The first-order valence-electron chi connectivity index (χ1n) is 6.38. The lowest BCUT2D eigenvalue weighted by Gasteiger charge is -2.08. The molecule has 2 aromatic rings. The minimum absolute atomic E-state index is 0.0436. The number of carbonyl (C=O) groups is 1. The van der Waals surface area contributed by atoms with Gasteiger partial charge in [0.2, 0.25) is 5.91 Å². The lowest BCUT2D eigenvalue weighted by Crippen LogP contribution is -2.32. The number of hydrogen-bond donors (Lipinski definition) is 2. The summed E-state index contributed by atoms with van der Waals surface area (Å²) in [5.41, 5.74) is 0.932. The highest BCUT2D eigenvalue weighted by atomic mass is 79.9. The zero-order chi connectivity index (χ0) is 14.4. The van der Waals surface area contributed by atoms with Gasteiger partial charge in [-0.1, -0.05) is 28.1 Å². The Balaban J connectivity index is 1.93. The van der Waals surface area contributed by atoms with Crippen molar-refractivity contribution in [3.63, 3.8) is 0 Å². The highest BCUT2D eigenvalue weighted by molar-refractivity contribution is 9.10. The maximum atomic E-state index is 11.6. The third kappa shape index (κ3) is 4.21. The Kier molecular flexibility index (Phi) is 5.38. The standard InChI is InChI=1S/C15H17BrN2O2/c1-20-7-6-17-15(19)10-18-14-5-3-11-8-13(16)4-2-12(11)9-14/h2-5,8-9,18H,6-7,10H2,1H3,(H,17,19). The van der Waals surface area contributed by atoms with Crippen LogP contribution in [0.4, 0.5) is 5.69 Å². The van der Waals surface area contributed by atoms with Crippen LogP contribution >= 0.6 is 15.9 Å². The van der Waals surface area contributed by atoms with Gasteiger partial charge in [-0.3, -0.25) is 4.79 Å². The Morgan fingerprint density at radius 1 is 1.20 bits per heavy atom. The number of fused-ring (bicyclic) bond motifs is 1. The molecule has 2 N–H and O–H groups in total. The second-order valence-electron chi connectivity index (χ2n) is 4.40. The molecule has 5 heteroatoms. The lowest BCUT2D eigenvalue weighted by molar-refractivity contribution is -0.119. The molecule has 0 unspecified atom stereocenters. The van der Waals surface area contributed by atoms with Crippen LogP contribution in [-0.4, -0.2) is 32.7 Å². The van der Waals surface area contributed by atoms with Crippen LogP contribution in [0.25, 0.3) is 10.8 Å². The summed E-state index contributed by atoms with van der Waals surface area (Å²) in [6.07, 6.45) is 0. The first-order valence-corrected chi connectivity index (χ1v) is 7.17. The Hall–Kier alpha value is -1.59. The summed E-state index contributed by atoms with van der Waals surface area (Å²) in [7, 11) is 1.61. The number of nitrogens with one attached hydrogen (secondary N) is 2. The van der Waals surface area contributed by atoms with Crippen LogP contribution in [0, 0.1) is 0 Å². The quantitative estimate of drug-likeness (QED) is 0.797. The van der Waals surface area contributed by atoms with E-state index in [1.165, 1.54) is 0 Å². The molecule has 20 heavy (non-hydrogen) atoms. The summed E-state index contributed by atoms with van der Waals surface area (Å²) in [5.74, 6) is -0.0436. The van der Waals surface area contributed by atoms with Crippen LogP contribution in [0.15, 0.2) is 40.9 Å². The number of hydrogen-bond acceptors (Lipinski definition) is 3. The van der Waals surface area contributed by atoms with Crippen LogP contribution in [0.2, 0.25) is 0 Å². The Bertz CT molecular complexity index is 601. The van der Waals surface area contributed by atoms with Crippen molar-refractivity contribution < 1.29 is 9.53 Å². The minimum atomic E-state index is -0.0436. The molecule has 0 fully saturated rings. The molecule has 0 saturated heterocycles. The van der Waals surface area contributed by atoms with E-state index in [0.717, 1.165) is 20.9 Å². The van der Waals surface area contributed by atoms with Crippen LogP contribution in [0.3, 0.4) is 0 Å². The van der Waals surface area contributed by atoms with Gasteiger partial charge >= 0.3 is 0 Å². The lowest BCUT2D eigenvalue weighted by atomic mass is 10.1. The van der Waals surface area contributed by atoms with Gasteiger partial charge in [0.25, 0.3) is 0 Å². The monoisotopic (exact) mass is 336 g/mol. The molecule has 2 rings (SSSR count). The van der Waals surface area contributed by atoms with Crippen LogP contribution in [-0.2, 0) is 9.53 Å². The minimum Gasteiger partial charge on any atom is -0.383 e. The molecule has 0 saturated carbocycles. The average molecular weight is 337 g/mol. The van der Waals surface area contributed by atoms with Gasteiger partial charge in [0, 0.05) is 23.8 Å². The molecule has 0 spiro atoms. The van der Waals surface area contributed by atoms with Crippen molar-refractivity contribution in [2.45, 2.75) is 0 Å². The molecular weight excluding hydrogens is 320 g/mol. The van der Waals surface area contributed by atoms with Crippen LogP contribution in [0.1, 0.15) is 0 Å². The predicted octanol–water partition coefficient (Wildman–Crippen LogP) is 2.78. The van der Waals surface area contributed by atoms with Gasteiger partial charge in [-0.05, 0) is 35.0 Å². The smallest absolute Gasteiger partial charge is 0.239 e. The van der Waals surface area contributed by atoms with E-state index < -0.39 is 0 Å². The number of carbonyl (C=O) groups excluding carboxylic acids is 1. The molecule has 0 aliphatic rings. The van der Waals surface area contributed by atoms with Gasteiger partial charge in [0.15, 0.2) is 0 Å². The third-order valence-corrected chi connectivity index (χ3v) is 3.38. The molecule has 4 nitrogen and oxygen atoms in total. The molecule has 0 aliphatic heterocycles. The van der Waals surface area contributed by atoms with Crippen molar-refractivity contribution in [2.24, 2.45) is 0 Å². The van der Waals surface area contributed by atoms with Crippen molar-refractivity contribution in [1.29, 1.82) is 0 Å². The molecular formula is C15H17BrN2O2. The summed E-state index contributed by atoms with van der Waals surface area (Å²) in [6, 6.07) is 12.1. The first kappa shape index (κ1) is 14.8. The predicted molar refractivity (Wildman–Crippen MR) is 85.0 cm³/mol. The Labute approximate surface area is 126 Å². The normalized spacial score (nSPS) is 10.5. The number of ether oxygens (including phenoxy) is 1. The van der Waals surface area contributed by atoms with Crippen molar-refractivity contribution in [2.75, 3.05) is 32.1 Å². The number of halogens is 1. The SMILES string of the molecule is COCCNC(=O)CNc1ccc2cc(Br)ccc2c1. The molecule has 106 valence electrons. The fourth-order valence-corrected chi connectivity index (χ4v) is 2.24. The Morgan fingerprint density at radius 3 is 2.75 bits per heavy atom. The fourth-order valence-electron chi connectivity index (χ4n) is 1.86. The van der Waals surface area contributed by atoms with Gasteiger partial charge in [-0.25, -0.2) is 0 Å². The van der Waals surface area contributed by atoms with E-state index in [1.54, 1.807) is 7.11 Å². The molecule has 2 aromatic carbocycles. The van der Waals surface area contributed by atoms with E-state index in [9.17, 15) is 4.79 Å². The summed E-state index contributed by atoms with van der Waals surface area (Å²) in [5, 5.41) is 8.18. The number of amides is 1. The largest absolute Gasteiger partial charge is 0.383 e. The van der Waals surface area contributed by atoms with E-state index in [0.29, 0.717) is 13.2 Å². The van der Waals surface area contributed by atoms with Crippen molar-refractivity contribution in [3.8, 4) is 0 Å². The topological polar surface area (TPSA) is 50.4 Å². The summed E-state index contributed by atoms with van der Waals surface area (Å²) >= 11 is 3.45. The maximum absolute atomic E-state index is 11.6. The molecule has 0 aromatic heterocycles. The van der Waals surface area contributed by atoms with E-state index in [-0.39, 0.29) is 12.5 Å². The molecule has 1 amide bonds. The second-order valence-corrected chi connectivity index (χ2v) is 5.32. The van der Waals surface area contributed by atoms with Gasteiger partial charge in [0.1, 0.15) is 0 Å². The molecule has 0 atom stereocenters. The zero-order valence-electron chi connectivity index (χ0n) is 11.3. The number of methoxy groups -OCH3 is 1. The summed E-state index contributed by atoms with van der Waals surface area (Å²) in [6.45, 7) is 1.31. The highest BCUT2D eigenvalue weighted by Gasteiger charge is 2.01. The van der Waals surface area contributed by atoms with Gasteiger partial charge in [-0.15, -0.1) is 0 Å². The van der Waals surface area contributed by atoms with Crippen molar-refractivity contribution in [1.82, 2.24) is 5.32 Å². The summed E-state index contributed by atoms with van der Waals surface area (Å²) in [4.78, 5) is 11.6. The average Bonchev–Trinajstić information content (AvgIpc) is 2.45. The first-order chi connectivity index (χ1) is 9.69. The van der Waals surface area contributed by atoms with Gasteiger partial charge < -0.3 is 15.4 Å². The number of anilines is 1. The second kappa shape index (κ2) is 7.26. The van der Waals surface area contributed by atoms with E-state index in [4.69, 9.17) is 4.74 Å². The summed E-state index contributed by atoms with van der Waals surface area (Å²) < 4.78 is 5.93. The molecule has 0 aliphatic carbocycles. The van der Waals surface area contributed by atoms with Crippen molar-refractivity contribution in [3.05, 3.63) is 40.9 Å². The highest BCUT2D eigenvalue weighted by Crippen LogP contribution is 2.22. The van der Waals surface area contributed by atoms with Crippen LogP contribution in [0.5, 0.6) is 0 Å². The van der Waals surface area contributed by atoms with Crippen LogP contribution < -0.4 is 10.6 Å². The molecule has 0 bridgehead atoms. The van der Waals surface area contributed by atoms with E-state index in [1.807, 2.05) is 30.3 Å². The number of rotatable bonds is 6. The fraction of sp³-hybridized carbons (Fsp3) is 0.267. The zero-order valence-corrected chi connectivity index (χ0v) is 12.9. The van der Waals surface area contributed by atoms with Gasteiger partial charge in [-0.2, -0.15) is 0 Å². The van der Waals surface area contributed by atoms with E-state index in [2.05, 4.69) is 32.6 Å². The number of benzene rings is 2. The molecule has 0 radical (unpaired) electrons. The Morgan fingerprint density at radius 2 is 1.95 bits per heavy atom. The maximum Gasteiger partial charge on any atom is 0.239 e. The molecule has 0 heterocycles. The van der Waals surface area contributed by atoms with E-state index >= 15 is 0 Å². The van der Waals surface area contributed by atoms with Gasteiger partial charge in [0.05, 0.1) is 13.2 Å². The third-order valence-electron chi connectivity index (χ3n) is 2.88. The van der Waals surface area contributed by atoms with Crippen molar-refractivity contribution >= 4 is 38.3 Å².